The first-order valence-corrected chi connectivity index (χ1v) is 9.49. The Morgan fingerprint density at radius 2 is 2.14 bits per heavy atom. The van der Waals surface area contributed by atoms with Crippen LogP contribution in [0.2, 0.25) is 0 Å². The Bertz CT molecular complexity index is 825. The number of carbonyl (C=O) groups excluding carboxylic acids is 1. The number of anilines is 1. The molecule has 0 N–H and O–H groups in total. The van der Waals surface area contributed by atoms with Gasteiger partial charge in [0.15, 0.2) is 0 Å². The molecule has 1 amide bonds. The number of amides is 1. The van der Waals surface area contributed by atoms with Crippen molar-refractivity contribution in [3.05, 3.63) is 36.2 Å². The standard InChI is InChI=1S/C21H28N4O3/c1-24(2)21-22-12-18(15-7-5-9-17(11-15)28-4)20(23-21)16-8-6-10-25(13-16)19(26)14-27-3/h5,7,9,11-12,16H,6,8,10,13-14H2,1-4H3/t16-/m0/s1. The lowest BCUT2D eigenvalue weighted by Gasteiger charge is -2.33. The summed E-state index contributed by atoms with van der Waals surface area (Å²) < 4.78 is 10.4. The quantitative estimate of drug-likeness (QED) is 0.763. The number of aromatic nitrogens is 2. The zero-order valence-corrected chi connectivity index (χ0v) is 17.0. The molecule has 0 aliphatic carbocycles. The van der Waals surface area contributed by atoms with Crippen LogP contribution in [0.25, 0.3) is 11.1 Å². The van der Waals surface area contributed by atoms with Crippen LogP contribution in [0, 0.1) is 0 Å². The normalized spacial score (nSPS) is 16.7. The number of rotatable bonds is 6. The average molecular weight is 384 g/mol. The Morgan fingerprint density at radius 3 is 2.86 bits per heavy atom. The molecule has 3 rings (SSSR count). The smallest absolute Gasteiger partial charge is 0.248 e. The Labute approximate surface area is 166 Å². The number of piperidine rings is 1. The molecule has 1 aliphatic rings. The fourth-order valence-electron chi connectivity index (χ4n) is 3.57. The maximum Gasteiger partial charge on any atom is 0.248 e. The Hall–Kier alpha value is -2.67. The SMILES string of the molecule is COCC(=O)N1CCC[C@H](c2nc(N(C)C)ncc2-c2cccc(OC)c2)C1. The molecule has 0 saturated carbocycles. The number of benzene rings is 1. The van der Waals surface area contributed by atoms with Crippen LogP contribution in [0.5, 0.6) is 5.75 Å². The molecule has 0 unspecified atom stereocenters. The summed E-state index contributed by atoms with van der Waals surface area (Å²) in [7, 11) is 7.07. The van der Waals surface area contributed by atoms with Gasteiger partial charge in [0.05, 0.1) is 12.8 Å². The molecule has 1 aromatic heterocycles. The van der Waals surface area contributed by atoms with Crippen LogP contribution in [-0.4, -0.2) is 68.8 Å². The molecule has 28 heavy (non-hydrogen) atoms. The van der Waals surface area contributed by atoms with E-state index in [0.29, 0.717) is 12.5 Å². The van der Waals surface area contributed by atoms with Gasteiger partial charge < -0.3 is 19.3 Å². The molecule has 1 saturated heterocycles. The minimum absolute atomic E-state index is 0.0250. The molecule has 2 aromatic rings. The van der Waals surface area contributed by atoms with Gasteiger partial charge in [0.2, 0.25) is 11.9 Å². The summed E-state index contributed by atoms with van der Waals surface area (Å²) in [6, 6.07) is 7.92. The summed E-state index contributed by atoms with van der Waals surface area (Å²) in [6.07, 6.45) is 3.80. The Kier molecular flexibility index (Phi) is 6.46. The molecule has 150 valence electrons. The number of carbonyl (C=O) groups is 1. The molecule has 7 heteroatoms. The number of nitrogens with zero attached hydrogens (tertiary/aromatic N) is 4. The van der Waals surface area contributed by atoms with E-state index >= 15 is 0 Å². The molecule has 1 aliphatic heterocycles. The first-order chi connectivity index (χ1) is 13.5. The van der Waals surface area contributed by atoms with E-state index < -0.39 is 0 Å². The third kappa shape index (κ3) is 4.42. The average Bonchev–Trinajstić information content (AvgIpc) is 2.73. The van der Waals surface area contributed by atoms with Crippen LogP contribution in [0.1, 0.15) is 24.5 Å². The first kappa shape index (κ1) is 20.1. The van der Waals surface area contributed by atoms with Crippen LogP contribution in [0.4, 0.5) is 5.95 Å². The van der Waals surface area contributed by atoms with Crippen molar-refractivity contribution in [1.29, 1.82) is 0 Å². The van der Waals surface area contributed by atoms with Gasteiger partial charge in [-0.3, -0.25) is 4.79 Å². The van der Waals surface area contributed by atoms with E-state index in [4.69, 9.17) is 14.5 Å². The third-order valence-corrected chi connectivity index (χ3v) is 5.01. The molecule has 1 atom stereocenters. The van der Waals surface area contributed by atoms with E-state index in [1.165, 1.54) is 0 Å². The Morgan fingerprint density at radius 1 is 1.32 bits per heavy atom. The van der Waals surface area contributed by atoms with Gasteiger partial charge in [-0.2, -0.15) is 0 Å². The third-order valence-electron chi connectivity index (χ3n) is 5.01. The van der Waals surface area contributed by atoms with Crippen LogP contribution in [-0.2, 0) is 9.53 Å². The summed E-state index contributed by atoms with van der Waals surface area (Å²) in [6.45, 7) is 1.52. The van der Waals surface area contributed by atoms with Crippen molar-refractivity contribution in [3.8, 4) is 16.9 Å². The number of hydrogen-bond donors (Lipinski definition) is 0. The van der Waals surface area contributed by atoms with Gasteiger partial charge in [0.25, 0.3) is 0 Å². The van der Waals surface area contributed by atoms with E-state index in [1.54, 1.807) is 14.2 Å². The second kappa shape index (κ2) is 9.01. The highest BCUT2D eigenvalue weighted by Gasteiger charge is 2.28. The summed E-state index contributed by atoms with van der Waals surface area (Å²) >= 11 is 0. The first-order valence-electron chi connectivity index (χ1n) is 9.49. The molecule has 7 nitrogen and oxygen atoms in total. The van der Waals surface area contributed by atoms with Gasteiger partial charge in [-0.1, -0.05) is 12.1 Å². The summed E-state index contributed by atoms with van der Waals surface area (Å²) in [4.78, 5) is 25.5. The molecular weight excluding hydrogens is 356 g/mol. The van der Waals surface area contributed by atoms with Crippen LogP contribution in [0.3, 0.4) is 0 Å². The van der Waals surface area contributed by atoms with Gasteiger partial charge >= 0.3 is 0 Å². The van der Waals surface area contributed by atoms with Crippen molar-refractivity contribution in [2.24, 2.45) is 0 Å². The lowest BCUT2D eigenvalue weighted by Crippen LogP contribution is -2.41. The minimum Gasteiger partial charge on any atom is -0.497 e. The fourth-order valence-corrected chi connectivity index (χ4v) is 3.57. The van der Waals surface area contributed by atoms with Gasteiger partial charge in [-0.25, -0.2) is 9.97 Å². The van der Waals surface area contributed by atoms with E-state index in [1.807, 2.05) is 54.4 Å². The van der Waals surface area contributed by atoms with Crippen molar-refractivity contribution in [1.82, 2.24) is 14.9 Å². The van der Waals surface area contributed by atoms with Gasteiger partial charge in [0.1, 0.15) is 12.4 Å². The second-order valence-electron chi connectivity index (χ2n) is 7.21. The van der Waals surface area contributed by atoms with E-state index in [-0.39, 0.29) is 18.4 Å². The predicted molar refractivity (Wildman–Crippen MR) is 109 cm³/mol. The summed E-state index contributed by atoms with van der Waals surface area (Å²) in [5, 5.41) is 0. The van der Waals surface area contributed by atoms with E-state index in [2.05, 4.69) is 4.98 Å². The number of methoxy groups -OCH3 is 2. The summed E-state index contributed by atoms with van der Waals surface area (Å²) in [5.41, 5.74) is 2.97. The monoisotopic (exact) mass is 384 g/mol. The van der Waals surface area contributed by atoms with Gasteiger partial charge in [-0.15, -0.1) is 0 Å². The topological polar surface area (TPSA) is 67.8 Å². The van der Waals surface area contributed by atoms with Crippen molar-refractivity contribution in [2.75, 3.05) is 52.9 Å². The Balaban J connectivity index is 1.99. The van der Waals surface area contributed by atoms with E-state index in [0.717, 1.165) is 42.0 Å². The largest absolute Gasteiger partial charge is 0.497 e. The fraction of sp³-hybridized carbons (Fsp3) is 0.476. The van der Waals surface area contributed by atoms with Gasteiger partial charge in [0, 0.05) is 52.0 Å². The molecule has 0 bridgehead atoms. The lowest BCUT2D eigenvalue weighted by atomic mass is 9.90. The van der Waals surface area contributed by atoms with E-state index in [9.17, 15) is 4.79 Å². The highest BCUT2D eigenvalue weighted by Crippen LogP contribution is 2.35. The van der Waals surface area contributed by atoms with Gasteiger partial charge in [-0.05, 0) is 30.5 Å². The highest BCUT2D eigenvalue weighted by molar-refractivity contribution is 5.77. The summed E-state index contributed by atoms with van der Waals surface area (Å²) in [5.74, 6) is 1.64. The molecule has 1 fully saturated rings. The molecule has 1 aromatic carbocycles. The highest BCUT2D eigenvalue weighted by atomic mass is 16.5. The molecule has 2 heterocycles. The predicted octanol–water partition coefficient (Wildman–Crippen LogP) is 2.57. The van der Waals surface area contributed by atoms with Crippen molar-refractivity contribution in [2.45, 2.75) is 18.8 Å². The van der Waals surface area contributed by atoms with Crippen LogP contribution in [0.15, 0.2) is 30.5 Å². The second-order valence-corrected chi connectivity index (χ2v) is 7.21. The molecule has 0 radical (unpaired) electrons. The maximum absolute atomic E-state index is 12.3. The molecule has 0 spiro atoms. The van der Waals surface area contributed by atoms with Crippen LogP contribution >= 0.6 is 0 Å². The zero-order chi connectivity index (χ0) is 20.1. The van der Waals surface area contributed by atoms with Crippen LogP contribution < -0.4 is 9.64 Å². The zero-order valence-electron chi connectivity index (χ0n) is 17.0. The minimum atomic E-state index is 0.0250. The molecular formula is C21H28N4O3. The number of likely N-dealkylation sites (tertiary alicyclic amines) is 1. The van der Waals surface area contributed by atoms with Crippen molar-refractivity contribution in [3.63, 3.8) is 0 Å². The number of hydrogen-bond acceptors (Lipinski definition) is 6. The van der Waals surface area contributed by atoms with Crippen molar-refractivity contribution < 1.29 is 14.3 Å². The maximum atomic E-state index is 12.3. The lowest BCUT2D eigenvalue weighted by molar-refractivity contribution is -0.136. The number of ether oxygens (including phenoxy) is 2. The van der Waals surface area contributed by atoms with Crippen molar-refractivity contribution >= 4 is 11.9 Å².